The topological polar surface area (TPSA) is 88.4 Å². The van der Waals surface area contributed by atoms with Crippen molar-refractivity contribution < 1.29 is 29.5 Å². The van der Waals surface area contributed by atoms with E-state index in [9.17, 15) is 15.3 Å². The standard InChI is InChI=1S/C14H26O6/c1-7-5-10(12(15)8(2)18-7)20-11-6-14(4,17)13(16)9(3)19-11/h7-13,15-17H,5-6H2,1-4H3/t7-,8?,9?,10+,11-,12+,13+,14-/m0/s1. The highest BCUT2D eigenvalue weighted by molar-refractivity contribution is 4.92. The molecular weight excluding hydrogens is 264 g/mol. The van der Waals surface area contributed by atoms with E-state index in [1.807, 2.05) is 6.92 Å². The van der Waals surface area contributed by atoms with Crippen LogP contribution in [0.3, 0.4) is 0 Å². The normalized spacial score (nSPS) is 53.9. The van der Waals surface area contributed by atoms with Gasteiger partial charge in [0, 0.05) is 12.8 Å². The van der Waals surface area contributed by atoms with Crippen LogP contribution in [0.2, 0.25) is 0 Å². The van der Waals surface area contributed by atoms with E-state index in [-0.39, 0.29) is 18.6 Å². The van der Waals surface area contributed by atoms with Gasteiger partial charge in [0.1, 0.15) is 12.2 Å². The van der Waals surface area contributed by atoms with Crippen molar-refractivity contribution in [1.29, 1.82) is 0 Å². The molecule has 20 heavy (non-hydrogen) atoms. The van der Waals surface area contributed by atoms with Gasteiger partial charge in [-0.3, -0.25) is 0 Å². The van der Waals surface area contributed by atoms with E-state index < -0.39 is 36.3 Å². The average Bonchev–Trinajstić information content (AvgIpc) is 2.32. The summed E-state index contributed by atoms with van der Waals surface area (Å²) in [6.07, 6.45) is -2.76. The molecule has 0 radical (unpaired) electrons. The molecule has 2 heterocycles. The lowest BCUT2D eigenvalue weighted by molar-refractivity contribution is -0.302. The smallest absolute Gasteiger partial charge is 0.161 e. The van der Waals surface area contributed by atoms with Crippen molar-refractivity contribution in [3.8, 4) is 0 Å². The van der Waals surface area contributed by atoms with Crippen LogP contribution in [0.1, 0.15) is 40.5 Å². The van der Waals surface area contributed by atoms with Gasteiger partial charge in [-0.1, -0.05) is 0 Å². The fourth-order valence-electron chi connectivity index (χ4n) is 3.01. The van der Waals surface area contributed by atoms with E-state index in [1.54, 1.807) is 20.8 Å². The molecule has 0 spiro atoms. The molecule has 2 saturated heterocycles. The van der Waals surface area contributed by atoms with Crippen LogP contribution in [0.4, 0.5) is 0 Å². The van der Waals surface area contributed by atoms with Crippen LogP contribution in [0.15, 0.2) is 0 Å². The van der Waals surface area contributed by atoms with Gasteiger partial charge in [-0.05, 0) is 27.7 Å². The van der Waals surface area contributed by atoms with Gasteiger partial charge in [-0.25, -0.2) is 0 Å². The summed E-state index contributed by atoms with van der Waals surface area (Å²) in [6.45, 7) is 7.00. The van der Waals surface area contributed by atoms with Gasteiger partial charge in [0.15, 0.2) is 6.29 Å². The fourth-order valence-corrected chi connectivity index (χ4v) is 3.01. The Bertz CT molecular complexity index is 334. The number of aliphatic hydroxyl groups is 3. The van der Waals surface area contributed by atoms with E-state index in [1.165, 1.54) is 0 Å². The van der Waals surface area contributed by atoms with Crippen LogP contribution >= 0.6 is 0 Å². The number of hydrogen-bond acceptors (Lipinski definition) is 6. The Kier molecular flexibility index (Phi) is 4.73. The minimum absolute atomic E-state index is 0.00511. The molecule has 2 aliphatic rings. The molecule has 8 atom stereocenters. The van der Waals surface area contributed by atoms with Crippen molar-refractivity contribution in [2.24, 2.45) is 0 Å². The fraction of sp³-hybridized carbons (Fsp3) is 1.00. The summed E-state index contributed by atoms with van der Waals surface area (Å²) in [5.74, 6) is 0. The van der Waals surface area contributed by atoms with Crippen molar-refractivity contribution >= 4 is 0 Å². The average molecular weight is 290 g/mol. The van der Waals surface area contributed by atoms with Crippen molar-refractivity contribution in [3.63, 3.8) is 0 Å². The maximum atomic E-state index is 10.2. The molecule has 0 aromatic heterocycles. The number of aliphatic hydroxyl groups excluding tert-OH is 2. The van der Waals surface area contributed by atoms with E-state index in [0.717, 1.165) is 0 Å². The highest BCUT2D eigenvalue weighted by Gasteiger charge is 2.45. The SMILES string of the molecule is CC1O[C@@H](C)C[C@@H](O[C@H]2C[C@](C)(O)[C@H](O)C(C)O2)[C@@H]1O. The number of ether oxygens (including phenoxy) is 3. The van der Waals surface area contributed by atoms with Crippen molar-refractivity contribution in [1.82, 2.24) is 0 Å². The first-order valence-corrected chi connectivity index (χ1v) is 7.25. The molecule has 2 unspecified atom stereocenters. The van der Waals surface area contributed by atoms with E-state index in [2.05, 4.69) is 0 Å². The lowest BCUT2D eigenvalue weighted by Gasteiger charge is -2.44. The zero-order valence-electron chi connectivity index (χ0n) is 12.5. The summed E-state index contributed by atoms with van der Waals surface area (Å²) in [6, 6.07) is 0. The third-order valence-corrected chi connectivity index (χ3v) is 4.23. The largest absolute Gasteiger partial charge is 0.388 e. The van der Waals surface area contributed by atoms with Gasteiger partial charge in [0.25, 0.3) is 0 Å². The summed E-state index contributed by atoms with van der Waals surface area (Å²) in [7, 11) is 0. The number of hydrogen-bond donors (Lipinski definition) is 3. The molecule has 2 aliphatic heterocycles. The van der Waals surface area contributed by atoms with Gasteiger partial charge >= 0.3 is 0 Å². The lowest BCUT2D eigenvalue weighted by atomic mass is 9.89. The zero-order chi connectivity index (χ0) is 15.1. The monoisotopic (exact) mass is 290 g/mol. The Balaban J connectivity index is 1.99. The second kappa shape index (κ2) is 5.87. The molecule has 3 N–H and O–H groups in total. The Labute approximate surface area is 119 Å². The summed E-state index contributed by atoms with van der Waals surface area (Å²) in [5, 5.41) is 30.2. The molecule has 2 fully saturated rings. The Morgan fingerprint density at radius 1 is 1.10 bits per heavy atom. The molecule has 118 valence electrons. The predicted octanol–water partition coefficient (Wildman–Crippen LogP) is 0.177. The minimum Gasteiger partial charge on any atom is -0.388 e. The van der Waals surface area contributed by atoms with Crippen LogP contribution in [0.25, 0.3) is 0 Å². The maximum absolute atomic E-state index is 10.2. The molecular formula is C14H26O6. The first-order valence-electron chi connectivity index (χ1n) is 7.25. The van der Waals surface area contributed by atoms with Crippen LogP contribution in [0.5, 0.6) is 0 Å². The molecule has 6 nitrogen and oxygen atoms in total. The molecule has 0 amide bonds. The van der Waals surface area contributed by atoms with Crippen LogP contribution < -0.4 is 0 Å². The molecule has 6 heteroatoms. The van der Waals surface area contributed by atoms with Crippen molar-refractivity contribution in [3.05, 3.63) is 0 Å². The van der Waals surface area contributed by atoms with Gasteiger partial charge < -0.3 is 29.5 Å². The molecule has 0 aromatic rings. The molecule has 0 aromatic carbocycles. The molecule has 0 bridgehead atoms. The predicted molar refractivity (Wildman–Crippen MR) is 71.1 cm³/mol. The summed E-state index contributed by atoms with van der Waals surface area (Å²) < 4.78 is 16.9. The summed E-state index contributed by atoms with van der Waals surface area (Å²) in [5.41, 5.74) is -1.25. The molecule has 2 rings (SSSR count). The van der Waals surface area contributed by atoms with Crippen LogP contribution in [-0.4, -0.2) is 63.8 Å². The lowest BCUT2D eigenvalue weighted by Crippen LogP contribution is -2.57. The number of rotatable bonds is 2. The maximum Gasteiger partial charge on any atom is 0.161 e. The van der Waals surface area contributed by atoms with Crippen LogP contribution in [0, 0.1) is 0 Å². The Morgan fingerprint density at radius 3 is 2.35 bits per heavy atom. The highest BCUT2D eigenvalue weighted by atomic mass is 16.7. The van der Waals surface area contributed by atoms with E-state index in [4.69, 9.17) is 14.2 Å². The summed E-state index contributed by atoms with van der Waals surface area (Å²) in [4.78, 5) is 0. The van der Waals surface area contributed by atoms with Crippen LogP contribution in [-0.2, 0) is 14.2 Å². The van der Waals surface area contributed by atoms with Gasteiger partial charge in [-0.15, -0.1) is 0 Å². The van der Waals surface area contributed by atoms with Gasteiger partial charge in [0.2, 0.25) is 0 Å². The molecule has 0 aliphatic carbocycles. The van der Waals surface area contributed by atoms with Crippen molar-refractivity contribution in [2.75, 3.05) is 0 Å². The Hall–Kier alpha value is -0.240. The second-order valence-electron chi connectivity index (χ2n) is 6.33. The van der Waals surface area contributed by atoms with Gasteiger partial charge in [0.05, 0.1) is 30.0 Å². The second-order valence-corrected chi connectivity index (χ2v) is 6.33. The van der Waals surface area contributed by atoms with E-state index in [0.29, 0.717) is 6.42 Å². The van der Waals surface area contributed by atoms with Crippen molar-refractivity contribution in [2.45, 2.75) is 89.1 Å². The third kappa shape index (κ3) is 3.32. The first-order chi connectivity index (χ1) is 9.20. The van der Waals surface area contributed by atoms with E-state index >= 15 is 0 Å². The van der Waals surface area contributed by atoms with Gasteiger partial charge in [-0.2, -0.15) is 0 Å². The zero-order valence-corrected chi connectivity index (χ0v) is 12.5. The summed E-state index contributed by atoms with van der Waals surface area (Å²) >= 11 is 0. The quantitative estimate of drug-likeness (QED) is 0.672. The third-order valence-electron chi connectivity index (χ3n) is 4.23. The first kappa shape index (κ1) is 16.1. The molecule has 0 saturated carbocycles. The minimum atomic E-state index is -1.25. The highest BCUT2D eigenvalue weighted by Crippen LogP contribution is 2.32. The Morgan fingerprint density at radius 2 is 1.75 bits per heavy atom.